The molecule has 2 rings (SSSR count). The molecule has 18 heavy (non-hydrogen) atoms. The number of rotatable bonds is 6. The third kappa shape index (κ3) is 3.88. The van der Waals surface area contributed by atoms with Crippen molar-refractivity contribution in [1.82, 2.24) is 5.32 Å². The van der Waals surface area contributed by atoms with Gasteiger partial charge in [0, 0.05) is 12.5 Å². The van der Waals surface area contributed by atoms with E-state index in [9.17, 15) is 0 Å². The molecule has 0 amide bonds. The zero-order chi connectivity index (χ0) is 12.8. The highest BCUT2D eigenvalue weighted by atomic mass is 16.3. The second kappa shape index (κ2) is 6.98. The zero-order valence-electron chi connectivity index (χ0n) is 11.9. The predicted molar refractivity (Wildman–Crippen MR) is 75.6 cm³/mol. The van der Waals surface area contributed by atoms with Gasteiger partial charge in [0.25, 0.3) is 0 Å². The number of hydrogen-bond acceptors (Lipinski definition) is 2. The highest BCUT2D eigenvalue weighted by molar-refractivity contribution is 5.06. The fourth-order valence-electron chi connectivity index (χ4n) is 3.02. The Kier molecular flexibility index (Phi) is 5.30. The van der Waals surface area contributed by atoms with Crippen molar-refractivity contribution in [1.29, 1.82) is 0 Å². The molecule has 102 valence electrons. The van der Waals surface area contributed by atoms with Gasteiger partial charge in [-0.15, -0.1) is 0 Å². The van der Waals surface area contributed by atoms with E-state index in [1.54, 1.807) is 0 Å². The Bertz CT molecular complexity index is 337. The molecule has 0 spiro atoms. The average Bonchev–Trinajstić information content (AvgIpc) is 2.86. The summed E-state index contributed by atoms with van der Waals surface area (Å²) >= 11 is 0. The second-order valence-corrected chi connectivity index (χ2v) is 5.61. The third-order valence-electron chi connectivity index (χ3n) is 4.17. The summed E-state index contributed by atoms with van der Waals surface area (Å²) in [6.07, 6.45) is 9.24. The number of aryl methyl sites for hydroxylation is 1. The fraction of sp³-hybridized carbons (Fsp3) is 0.750. The number of nitrogens with one attached hydrogen (secondary N) is 1. The van der Waals surface area contributed by atoms with Crippen LogP contribution in [0.5, 0.6) is 0 Å². The van der Waals surface area contributed by atoms with Gasteiger partial charge in [-0.3, -0.25) is 0 Å². The molecule has 0 aromatic carbocycles. The quantitative estimate of drug-likeness (QED) is 0.813. The Morgan fingerprint density at radius 3 is 2.44 bits per heavy atom. The van der Waals surface area contributed by atoms with Crippen LogP contribution in [0, 0.1) is 5.92 Å². The molecule has 0 aliphatic heterocycles. The molecule has 1 fully saturated rings. The minimum absolute atomic E-state index is 0.702. The van der Waals surface area contributed by atoms with E-state index < -0.39 is 0 Å². The lowest BCUT2D eigenvalue weighted by atomic mass is 9.83. The Morgan fingerprint density at radius 1 is 1.11 bits per heavy atom. The molecule has 0 bridgehead atoms. The van der Waals surface area contributed by atoms with Crippen LogP contribution in [-0.4, -0.2) is 6.04 Å². The first-order chi connectivity index (χ1) is 8.81. The van der Waals surface area contributed by atoms with Gasteiger partial charge in [-0.05, 0) is 43.7 Å². The fourth-order valence-corrected chi connectivity index (χ4v) is 3.02. The SMILES string of the molecule is CCCC1CCC(NCc2ccc(CC)o2)CC1. The van der Waals surface area contributed by atoms with Crippen molar-refractivity contribution < 1.29 is 4.42 Å². The lowest BCUT2D eigenvalue weighted by Crippen LogP contribution is -2.32. The van der Waals surface area contributed by atoms with E-state index in [0.717, 1.165) is 30.4 Å². The maximum atomic E-state index is 5.72. The van der Waals surface area contributed by atoms with Crippen LogP contribution < -0.4 is 5.32 Å². The third-order valence-corrected chi connectivity index (χ3v) is 4.17. The Balaban J connectivity index is 1.68. The Morgan fingerprint density at radius 2 is 1.83 bits per heavy atom. The van der Waals surface area contributed by atoms with Gasteiger partial charge in [-0.1, -0.05) is 26.7 Å². The molecule has 0 radical (unpaired) electrons. The van der Waals surface area contributed by atoms with Crippen LogP contribution in [0.1, 0.15) is 63.9 Å². The maximum Gasteiger partial charge on any atom is 0.117 e. The molecule has 1 aromatic rings. The van der Waals surface area contributed by atoms with Crippen LogP contribution in [-0.2, 0) is 13.0 Å². The molecule has 1 heterocycles. The summed E-state index contributed by atoms with van der Waals surface area (Å²) < 4.78 is 5.72. The number of hydrogen-bond donors (Lipinski definition) is 1. The Labute approximate surface area is 111 Å². The molecular weight excluding hydrogens is 222 g/mol. The van der Waals surface area contributed by atoms with Crippen LogP contribution in [0.25, 0.3) is 0 Å². The van der Waals surface area contributed by atoms with Gasteiger partial charge in [0.2, 0.25) is 0 Å². The summed E-state index contributed by atoms with van der Waals surface area (Å²) in [7, 11) is 0. The van der Waals surface area contributed by atoms with Gasteiger partial charge >= 0.3 is 0 Å². The van der Waals surface area contributed by atoms with Gasteiger partial charge in [-0.2, -0.15) is 0 Å². The summed E-state index contributed by atoms with van der Waals surface area (Å²) in [5.74, 6) is 3.17. The largest absolute Gasteiger partial charge is 0.465 e. The standard InChI is InChI=1S/C16H27NO/c1-3-5-13-6-8-14(9-7-13)17-12-16-11-10-15(4-2)18-16/h10-11,13-14,17H,3-9,12H2,1-2H3. The van der Waals surface area contributed by atoms with Crippen LogP contribution in [0.2, 0.25) is 0 Å². The molecule has 1 N–H and O–H groups in total. The molecule has 1 aliphatic carbocycles. The maximum absolute atomic E-state index is 5.72. The van der Waals surface area contributed by atoms with Gasteiger partial charge in [0.05, 0.1) is 6.54 Å². The van der Waals surface area contributed by atoms with Crippen molar-refractivity contribution in [2.45, 2.75) is 71.4 Å². The van der Waals surface area contributed by atoms with Crippen molar-refractivity contribution in [2.24, 2.45) is 5.92 Å². The van der Waals surface area contributed by atoms with E-state index in [-0.39, 0.29) is 0 Å². The summed E-state index contributed by atoms with van der Waals surface area (Å²) in [5.41, 5.74) is 0. The van der Waals surface area contributed by atoms with Crippen LogP contribution in [0.3, 0.4) is 0 Å². The minimum atomic E-state index is 0.702. The smallest absolute Gasteiger partial charge is 0.117 e. The minimum Gasteiger partial charge on any atom is -0.465 e. The first-order valence-corrected chi connectivity index (χ1v) is 7.62. The van der Waals surface area contributed by atoms with E-state index in [0.29, 0.717) is 6.04 Å². The lowest BCUT2D eigenvalue weighted by molar-refractivity contribution is 0.272. The van der Waals surface area contributed by atoms with Crippen molar-refractivity contribution in [3.05, 3.63) is 23.7 Å². The molecule has 1 aliphatic rings. The van der Waals surface area contributed by atoms with E-state index in [1.165, 1.54) is 38.5 Å². The van der Waals surface area contributed by atoms with E-state index >= 15 is 0 Å². The van der Waals surface area contributed by atoms with Gasteiger partial charge in [0.15, 0.2) is 0 Å². The molecule has 0 unspecified atom stereocenters. The van der Waals surface area contributed by atoms with Gasteiger partial charge < -0.3 is 9.73 Å². The molecule has 2 nitrogen and oxygen atoms in total. The second-order valence-electron chi connectivity index (χ2n) is 5.61. The summed E-state index contributed by atoms with van der Waals surface area (Å²) in [5, 5.41) is 3.64. The molecule has 1 saturated carbocycles. The highest BCUT2D eigenvalue weighted by Crippen LogP contribution is 2.27. The molecule has 2 heteroatoms. The zero-order valence-corrected chi connectivity index (χ0v) is 11.9. The van der Waals surface area contributed by atoms with Crippen molar-refractivity contribution in [2.75, 3.05) is 0 Å². The van der Waals surface area contributed by atoms with E-state index in [2.05, 4.69) is 31.3 Å². The normalized spacial score (nSPS) is 24.3. The highest BCUT2D eigenvalue weighted by Gasteiger charge is 2.20. The predicted octanol–water partition coefficient (Wildman–Crippen LogP) is 4.29. The van der Waals surface area contributed by atoms with Crippen LogP contribution in [0.4, 0.5) is 0 Å². The van der Waals surface area contributed by atoms with Gasteiger partial charge in [0.1, 0.15) is 11.5 Å². The monoisotopic (exact) mass is 249 g/mol. The summed E-state index contributed by atoms with van der Waals surface area (Å²) in [4.78, 5) is 0. The van der Waals surface area contributed by atoms with Crippen molar-refractivity contribution in [3.8, 4) is 0 Å². The van der Waals surface area contributed by atoms with Crippen LogP contribution >= 0.6 is 0 Å². The first-order valence-electron chi connectivity index (χ1n) is 7.62. The molecule has 1 aromatic heterocycles. The Hall–Kier alpha value is -0.760. The molecule has 0 saturated heterocycles. The number of furan rings is 1. The van der Waals surface area contributed by atoms with Crippen molar-refractivity contribution in [3.63, 3.8) is 0 Å². The van der Waals surface area contributed by atoms with Gasteiger partial charge in [-0.25, -0.2) is 0 Å². The summed E-state index contributed by atoms with van der Waals surface area (Å²) in [6.45, 7) is 5.32. The average molecular weight is 249 g/mol. The molecular formula is C16H27NO. The lowest BCUT2D eigenvalue weighted by Gasteiger charge is -2.28. The summed E-state index contributed by atoms with van der Waals surface area (Å²) in [6, 6.07) is 4.90. The van der Waals surface area contributed by atoms with E-state index in [4.69, 9.17) is 4.42 Å². The van der Waals surface area contributed by atoms with E-state index in [1.807, 2.05) is 0 Å². The topological polar surface area (TPSA) is 25.2 Å². The molecule has 0 atom stereocenters. The first kappa shape index (κ1) is 13.7. The van der Waals surface area contributed by atoms with Crippen molar-refractivity contribution >= 4 is 0 Å². The van der Waals surface area contributed by atoms with Crippen LogP contribution in [0.15, 0.2) is 16.5 Å².